The predicted octanol–water partition coefficient (Wildman–Crippen LogP) is 4.98. The van der Waals surface area contributed by atoms with E-state index in [2.05, 4.69) is 39.5 Å². The molecule has 0 N–H and O–H groups in total. The number of anilines is 1. The van der Waals surface area contributed by atoms with Crippen LogP contribution in [0.4, 0.5) is 10.2 Å². The summed E-state index contributed by atoms with van der Waals surface area (Å²) >= 11 is 0. The molecule has 2 aromatic rings. The first-order valence-electron chi connectivity index (χ1n) is 12.0. The minimum atomic E-state index is -0.227. The van der Waals surface area contributed by atoms with Crippen molar-refractivity contribution in [3.63, 3.8) is 0 Å². The molecule has 1 aromatic carbocycles. The van der Waals surface area contributed by atoms with Gasteiger partial charge in [0.2, 0.25) is 5.91 Å². The summed E-state index contributed by atoms with van der Waals surface area (Å²) in [6.07, 6.45) is 3.08. The monoisotopic (exact) mass is 440 g/mol. The third kappa shape index (κ3) is 5.84. The van der Waals surface area contributed by atoms with Crippen LogP contribution in [-0.4, -0.2) is 47.0 Å². The highest BCUT2D eigenvalue weighted by atomic mass is 19.1. The van der Waals surface area contributed by atoms with E-state index in [1.807, 2.05) is 17.0 Å². The second-order valence-corrected chi connectivity index (χ2v) is 9.26. The molecule has 0 aliphatic carbocycles. The van der Waals surface area contributed by atoms with Gasteiger partial charge >= 0.3 is 0 Å². The Bertz CT molecular complexity index is 905. The number of aromatic nitrogens is 2. The van der Waals surface area contributed by atoms with Crippen molar-refractivity contribution in [1.29, 1.82) is 0 Å². The molecule has 32 heavy (non-hydrogen) atoms. The fraction of sp³-hybridized carbons (Fsp3) is 0.577. The Morgan fingerprint density at radius 1 is 1.03 bits per heavy atom. The van der Waals surface area contributed by atoms with Crippen molar-refractivity contribution in [1.82, 2.24) is 14.9 Å². The zero-order valence-corrected chi connectivity index (χ0v) is 20.2. The van der Waals surface area contributed by atoms with E-state index in [-0.39, 0.29) is 17.6 Å². The van der Waals surface area contributed by atoms with Gasteiger partial charge in [0.25, 0.3) is 0 Å². The molecule has 1 fully saturated rings. The van der Waals surface area contributed by atoms with E-state index < -0.39 is 0 Å². The summed E-state index contributed by atoms with van der Waals surface area (Å²) in [5, 5.41) is 0. The van der Waals surface area contributed by atoms with E-state index in [9.17, 15) is 9.18 Å². The summed E-state index contributed by atoms with van der Waals surface area (Å²) in [6.45, 7) is 13.6. The number of rotatable bonds is 8. The van der Waals surface area contributed by atoms with E-state index in [0.29, 0.717) is 31.8 Å². The van der Waals surface area contributed by atoms with Crippen LogP contribution in [0.1, 0.15) is 76.0 Å². The lowest BCUT2D eigenvalue weighted by Crippen LogP contribution is -2.49. The highest BCUT2D eigenvalue weighted by Gasteiger charge is 2.26. The number of aryl methyl sites for hydroxylation is 1. The zero-order valence-electron chi connectivity index (χ0n) is 20.2. The molecule has 1 aliphatic heterocycles. The van der Waals surface area contributed by atoms with Gasteiger partial charge in [-0.2, -0.15) is 0 Å². The highest BCUT2D eigenvalue weighted by Crippen LogP contribution is 2.29. The fourth-order valence-corrected chi connectivity index (χ4v) is 4.13. The first kappa shape index (κ1) is 24.1. The molecule has 1 amide bonds. The first-order chi connectivity index (χ1) is 15.3. The molecule has 6 heteroatoms. The normalized spacial score (nSPS) is 15.3. The van der Waals surface area contributed by atoms with Crippen molar-refractivity contribution < 1.29 is 9.18 Å². The summed E-state index contributed by atoms with van der Waals surface area (Å²) in [5.74, 6) is 2.54. The SMILES string of the molecule is CCc1nc([C@@H](C)CC)nc(N2CCN(C(=O)CC(C)C)CC2)c1Cc1ccc(F)cc1. The number of benzene rings is 1. The van der Waals surface area contributed by atoms with Crippen molar-refractivity contribution in [3.05, 3.63) is 52.7 Å². The fourth-order valence-electron chi connectivity index (χ4n) is 4.13. The van der Waals surface area contributed by atoms with E-state index in [1.165, 1.54) is 12.1 Å². The lowest BCUT2D eigenvalue weighted by atomic mass is 10.0. The van der Waals surface area contributed by atoms with Gasteiger partial charge in [-0.1, -0.05) is 46.8 Å². The molecule has 0 radical (unpaired) electrons. The molecule has 2 heterocycles. The number of carbonyl (C=O) groups is 1. The Kier molecular flexibility index (Phi) is 8.21. The molecule has 5 nitrogen and oxygen atoms in total. The molecule has 0 saturated carbocycles. The number of hydrogen-bond donors (Lipinski definition) is 0. The number of carbonyl (C=O) groups excluding carboxylic acids is 1. The Balaban J connectivity index is 1.91. The van der Waals surface area contributed by atoms with Crippen LogP contribution in [0.15, 0.2) is 24.3 Å². The van der Waals surface area contributed by atoms with Crippen LogP contribution in [0.2, 0.25) is 0 Å². The minimum Gasteiger partial charge on any atom is -0.353 e. The van der Waals surface area contributed by atoms with E-state index in [4.69, 9.17) is 9.97 Å². The molecule has 1 aliphatic rings. The van der Waals surface area contributed by atoms with Gasteiger partial charge in [0.15, 0.2) is 0 Å². The van der Waals surface area contributed by atoms with Gasteiger partial charge in [-0.05, 0) is 36.5 Å². The van der Waals surface area contributed by atoms with Gasteiger partial charge in [0.1, 0.15) is 17.5 Å². The van der Waals surface area contributed by atoms with Crippen LogP contribution in [-0.2, 0) is 17.6 Å². The molecular weight excluding hydrogens is 403 g/mol. The zero-order chi connectivity index (χ0) is 23.3. The maximum atomic E-state index is 13.4. The molecule has 1 saturated heterocycles. The molecule has 1 aromatic heterocycles. The third-order valence-corrected chi connectivity index (χ3v) is 6.29. The molecule has 0 spiro atoms. The van der Waals surface area contributed by atoms with Gasteiger partial charge in [0, 0.05) is 56.2 Å². The van der Waals surface area contributed by atoms with Crippen molar-refractivity contribution in [2.45, 2.75) is 66.2 Å². The summed E-state index contributed by atoms with van der Waals surface area (Å²) in [6, 6.07) is 6.69. The summed E-state index contributed by atoms with van der Waals surface area (Å²) in [5.41, 5.74) is 3.23. The molecule has 1 atom stereocenters. The van der Waals surface area contributed by atoms with Gasteiger partial charge in [-0.3, -0.25) is 4.79 Å². The van der Waals surface area contributed by atoms with Gasteiger partial charge in [-0.25, -0.2) is 14.4 Å². The third-order valence-electron chi connectivity index (χ3n) is 6.29. The molecule has 0 unspecified atom stereocenters. The standard InChI is InChI=1S/C26H37FN4O/c1-6-19(5)25-28-23(7-2)22(17-20-8-10-21(27)11-9-20)26(29-25)31-14-12-30(13-15-31)24(32)16-18(3)4/h8-11,18-19H,6-7,12-17H2,1-5H3/t19-/m0/s1. The van der Waals surface area contributed by atoms with Crippen LogP contribution >= 0.6 is 0 Å². The number of nitrogens with zero attached hydrogens (tertiary/aromatic N) is 4. The van der Waals surface area contributed by atoms with Crippen LogP contribution in [0.3, 0.4) is 0 Å². The number of amides is 1. The van der Waals surface area contributed by atoms with Gasteiger partial charge in [-0.15, -0.1) is 0 Å². The predicted molar refractivity (Wildman–Crippen MR) is 128 cm³/mol. The maximum Gasteiger partial charge on any atom is 0.222 e. The maximum absolute atomic E-state index is 13.4. The minimum absolute atomic E-state index is 0.227. The summed E-state index contributed by atoms with van der Waals surface area (Å²) < 4.78 is 13.4. The largest absolute Gasteiger partial charge is 0.353 e. The molecule has 0 bridgehead atoms. The number of hydrogen-bond acceptors (Lipinski definition) is 4. The molecule has 3 rings (SSSR count). The smallest absolute Gasteiger partial charge is 0.222 e. The Labute approximate surface area is 192 Å². The van der Waals surface area contributed by atoms with Crippen molar-refractivity contribution >= 4 is 11.7 Å². The van der Waals surface area contributed by atoms with Crippen LogP contribution in [0, 0.1) is 11.7 Å². The topological polar surface area (TPSA) is 49.3 Å². The second kappa shape index (κ2) is 10.9. The van der Waals surface area contributed by atoms with Crippen LogP contribution < -0.4 is 4.90 Å². The Morgan fingerprint density at radius 3 is 2.25 bits per heavy atom. The average molecular weight is 441 g/mol. The van der Waals surface area contributed by atoms with Gasteiger partial charge in [0.05, 0.1) is 0 Å². The average Bonchev–Trinajstić information content (AvgIpc) is 2.79. The Morgan fingerprint density at radius 2 is 1.69 bits per heavy atom. The van der Waals surface area contributed by atoms with E-state index in [1.54, 1.807) is 0 Å². The quantitative estimate of drug-likeness (QED) is 0.581. The van der Waals surface area contributed by atoms with Crippen molar-refractivity contribution in [2.75, 3.05) is 31.1 Å². The van der Waals surface area contributed by atoms with Crippen LogP contribution in [0.25, 0.3) is 0 Å². The number of piperazine rings is 1. The Hall–Kier alpha value is -2.50. The summed E-state index contributed by atoms with van der Waals surface area (Å²) in [7, 11) is 0. The highest BCUT2D eigenvalue weighted by molar-refractivity contribution is 5.76. The van der Waals surface area contributed by atoms with Gasteiger partial charge < -0.3 is 9.80 Å². The lowest BCUT2D eigenvalue weighted by Gasteiger charge is -2.37. The van der Waals surface area contributed by atoms with E-state index >= 15 is 0 Å². The van der Waals surface area contributed by atoms with Crippen LogP contribution in [0.5, 0.6) is 0 Å². The van der Waals surface area contributed by atoms with Crippen molar-refractivity contribution in [3.8, 4) is 0 Å². The molecular formula is C26H37FN4O. The molecule has 174 valence electrons. The lowest BCUT2D eigenvalue weighted by molar-refractivity contribution is -0.132. The summed E-state index contributed by atoms with van der Waals surface area (Å²) in [4.78, 5) is 26.8. The number of halogens is 1. The second-order valence-electron chi connectivity index (χ2n) is 9.26. The first-order valence-corrected chi connectivity index (χ1v) is 12.0. The van der Waals surface area contributed by atoms with E-state index in [0.717, 1.165) is 54.4 Å². The van der Waals surface area contributed by atoms with Crippen molar-refractivity contribution in [2.24, 2.45) is 5.92 Å².